The molecule has 2 aromatic rings. The minimum Gasteiger partial charge on any atom is -0.294 e. The number of rotatable bonds is 4. The number of nitriles is 1. The van der Waals surface area contributed by atoms with Crippen molar-refractivity contribution in [3.63, 3.8) is 0 Å². The highest BCUT2D eigenvalue weighted by Crippen LogP contribution is 2.22. The van der Waals surface area contributed by atoms with Gasteiger partial charge in [0, 0.05) is 12.6 Å². The van der Waals surface area contributed by atoms with E-state index in [-0.39, 0.29) is 0 Å². The molecular formula is C17H21N5. The van der Waals surface area contributed by atoms with Gasteiger partial charge in [0.2, 0.25) is 0 Å². The molecule has 2 heterocycles. The fourth-order valence-corrected chi connectivity index (χ4v) is 3.16. The molecule has 0 saturated carbocycles. The summed E-state index contributed by atoms with van der Waals surface area (Å²) < 4.78 is 2.02. The molecule has 3 rings (SSSR count). The molecule has 1 aromatic heterocycles. The van der Waals surface area contributed by atoms with Crippen LogP contribution >= 0.6 is 0 Å². The van der Waals surface area contributed by atoms with Gasteiger partial charge in [-0.2, -0.15) is 10.4 Å². The van der Waals surface area contributed by atoms with Crippen LogP contribution in [0.4, 0.5) is 0 Å². The summed E-state index contributed by atoms with van der Waals surface area (Å²) in [5.74, 6) is 1.83. The molecule has 1 atom stereocenters. The minimum absolute atomic E-state index is 0.510. The molecule has 0 bridgehead atoms. The minimum atomic E-state index is 0.510. The summed E-state index contributed by atoms with van der Waals surface area (Å²) in [5.41, 5.74) is 1.98. The smallest absolute Gasteiger partial charge is 0.147 e. The monoisotopic (exact) mass is 295 g/mol. The van der Waals surface area contributed by atoms with Gasteiger partial charge in [0.05, 0.1) is 18.2 Å². The average Bonchev–Trinajstić information content (AvgIpc) is 3.07. The van der Waals surface area contributed by atoms with Crippen LogP contribution < -0.4 is 0 Å². The number of nitrogens with zero attached hydrogens (tertiary/aromatic N) is 5. The second kappa shape index (κ2) is 6.29. The van der Waals surface area contributed by atoms with Gasteiger partial charge in [0.25, 0.3) is 0 Å². The van der Waals surface area contributed by atoms with Crippen molar-refractivity contribution in [2.45, 2.75) is 45.8 Å². The van der Waals surface area contributed by atoms with Crippen LogP contribution in [0.3, 0.4) is 0 Å². The Morgan fingerprint density at radius 3 is 2.68 bits per heavy atom. The second-order valence-electron chi connectivity index (χ2n) is 5.96. The van der Waals surface area contributed by atoms with Gasteiger partial charge in [-0.3, -0.25) is 4.90 Å². The van der Waals surface area contributed by atoms with Gasteiger partial charge in [-0.25, -0.2) is 9.67 Å². The van der Waals surface area contributed by atoms with E-state index < -0.39 is 0 Å². The van der Waals surface area contributed by atoms with Crippen molar-refractivity contribution in [3.05, 3.63) is 47.0 Å². The van der Waals surface area contributed by atoms with Crippen molar-refractivity contribution in [3.8, 4) is 6.07 Å². The molecule has 114 valence electrons. The molecule has 0 spiro atoms. The highest BCUT2D eigenvalue weighted by Gasteiger charge is 2.25. The standard InChI is InChI=1S/C17H21N5/c1-13-19-14(2)22(20-13)12-17-4-3-9-21(17)11-16-7-5-15(10-18)6-8-16/h5-8,17H,3-4,9,11-12H2,1-2H3. The third-order valence-electron chi connectivity index (χ3n) is 4.31. The summed E-state index contributed by atoms with van der Waals surface area (Å²) in [6, 6.07) is 10.6. The number of likely N-dealkylation sites (tertiary alicyclic amines) is 1. The van der Waals surface area contributed by atoms with Crippen LogP contribution in [-0.2, 0) is 13.1 Å². The molecule has 1 aliphatic rings. The molecule has 22 heavy (non-hydrogen) atoms. The molecule has 1 aromatic carbocycles. The Balaban J connectivity index is 1.67. The molecule has 1 aliphatic heterocycles. The first-order valence-electron chi connectivity index (χ1n) is 7.77. The maximum absolute atomic E-state index is 8.87. The topological polar surface area (TPSA) is 57.7 Å². The van der Waals surface area contributed by atoms with E-state index in [1.165, 1.54) is 18.4 Å². The number of aromatic nitrogens is 3. The molecule has 1 saturated heterocycles. The van der Waals surface area contributed by atoms with Crippen molar-refractivity contribution < 1.29 is 0 Å². The van der Waals surface area contributed by atoms with Gasteiger partial charge < -0.3 is 0 Å². The first kappa shape index (κ1) is 14.7. The molecule has 0 aliphatic carbocycles. The third kappa shape index (κ3) is 3.18. The lowest BCUT2D eigenvalue weighted by Crippen LogP contribution is -2.33. The van der Waals surface area contributed by atoms with E-state index in [1.807, 2.05) is 30.7 Å². The van der Waals surface area contributed by atoms with Crippen LogP contribution in [0.1, 0.15) is 35.6 Å². The van der Waals surface area contributed by atoms with Crippen LogP contribution in [0.2, 0.25) is 0 Å². The van der Waals surface area contributed by atoms with E-state index in [1.54, 1.807) is 0 Å². The molecule has 0 N–H and O–H groups in total. The molecule has 5 nitrogen and oxygen atoms in total. The summed E-state index contributed by atoms with van der Waals surface area (Å²) in [4.78, 5) is 6.90. The van der Waals surface area contributed by atoms with Crippen molar-refractivity contribution in [1.82, 2.24) is 19.7 Å². The third-order valence-corrected chi connectivity index (χ3v) is 4.31. The highest BCUT2D eigenvalue weighted by molar-refractivity contribution is 5.31. The van der Waals surface area contributed by atoms with Gasteiger partial charge in [-0.15, -0.1) is 0 Å². The summed E-state index contributed by atoms with van der Waals surface area (Å²) in [6.45, 7) is 6.91. The largest absolute Gasteiger partial charge is 0.294 e. The number of aryl methyl sites for hydroxylation is 2. The Bertz CT molecular complexity index is 680. The zero-order chi connectivity index (χ0) is 15.5. The molecule has 0 radical (unpaired) electrons. The van der Waals surface area contributed by atoms with Gasteiger partial charge in [-0.05, 0) is 50.9 Å². The summed E-state index contributed by atoms with van der Waals surface area (Å²) >= 11 is 0. The molecule has 1 fully saturated rings. The quantitative estimate of drug-likeness (QED) is 0.869. The van der Waals surface area contributed by atoms with E-state index in [0.717, 1.165) is 36.8 Å². The lowest BCUT2D eigenvalue weighted by molar-refractivity contribution is 0.218. The highest BCUT2D eigenvalue weighted by atomic mass is 15.4. The second-order valence-corrected chi connectivity index (χ2v) is 5.96. The predicted octanol–water partition coefficient (Wildman–Crippen LogP) is 2.43. The van der Waals surface area contributed by atoms with Crippen molar-refractivity contribution in [1.29, 1.82) is 5.26 Å². The Kier molecular flexibility index (Phi) is 4.21. The maximum atomic E-state index is 8.87. The van der Waals surface area contributed by atoms with Gasteiger partial charge >= 0.3 is 0 Å². The molecular weight excluding hydrogens is 274 g/mol. The van der Waals surface area contributed by atoms with E-state index >= 15 is 0 Å². The van der Waals surface area contributed by atoms with Crippen molar-refractivity contribution >= 4 is 0 Å². The Morgan fingerprint density at radius 2 is 2.05 bits per heavy atom. The van der Waals surface area contributed by atoms with Gasteiger partial charge in [0.1, 0.15) is 11.6 Å². The van der Waals surface area contributed by atoms with E-state index in [2.05, 4.69) is 33.2 Å². The predicted molar refractivity (Wildman–Crippen MR) is 84.1 cm³/mol. The first-order chi connectivity index (χ1) is 10.7. The summed E-state index contributed by atoms with van der Waals surface area (Å²) in [6.07, 6.45) is 2.43. The summed E-state index contributed by atoms with van der Waals surface area (Å²) in [7, 11) is 0. The Hall–Kier alpha value is -2.19. The maximum Gasteiger partial charge on any atom is 0.147 e. The Labute approximate surface area is 131 Å². The molecule has 5 heteroatoms. The lowest BCUT2D eigenvalue weighted by atomic mass is 10.1. The zero-order valence-electron chi connectivity index (χ0n) is 13.2. The van der Waals surface area contributed by atoms with E-state index in [9.17, 15) is 0 Å². The van der Waals surface area contributed by atoms with Crippen molar-refractivity contribution in [2.75, 3.05) is 6.54 Å². The number of benzene rings is 1. The van der Waals surface area contributed by atoms with E-state index in [0.29, 0.717) is 6.04 Å². The molecule has 0 amide bonds. The van der Waals surface area contributed by atoms with Crippen LogP contribution in [0.25, 0.3) is 0 Å². The molecule has 1 unspecified atom stereocenters. The normalized spacial score (nSPS) is 18.5. The van der Waals surface area contributed by atoms with Crippen molar-refractivity contribution in [2.24, 2.45) is 0 Å². The average molecular weight is 295 g/mol. The van der Waals surface area contributed by atoms with Crippen LogP contribution in [0, 0.1) is 25.2 Å². The van der Waals surface area contributed by atoms with Crippen LogP contribution in [0.5, 0.6) is 0 Å². The van der Waals surface area contributed by atoms with Crippen LogP contribution in [0.15, 0.2) is 24.3 Å². The fraction of sp³-hybridized carbons (Fsp3) is 0.471. The van der Waals surface area contributed by atoms with E-state index in [4.69, 9.17) is 5.26 Å². The van der Waals surface area contributed by atoms with Gasteiger partial charge in [0.15, 0.2) is 0 Å². The number of hydrogen-bond donors (Lipinski definition) is 0. The SMILES string of the molecule is Cc1nc(C)n(CC2CCCN2Cc2ccc(C#N)cc2)n1. The first-order valence-corrected chi connectivity index (χ1v) is 7.77. The Morgan fingerprint density at radius 1 is 1.27 bits per heavy atom. The van der Waals surface area contributed by atoms with Gasteiger partial charge in [-0.1, -0.05) is 12.1 Å². The fourth-order valence-electron chi connectivity index (χ4n) is 3.16. The zero-order valence-corrected chi connectivity index (χ0v) is 13.2. The number of hydrogen-bond acceptors (Lipinski definition) is 4. The lowest BCUT2D eigenvalue weighted by Gasteiger charge is -2.24. The summed E-state index contributed by atoms with van der Waals surface area (Å²) in [5, 5.41) is 13.4. The van der Waals surface area contributed by atoms with Crippen LogP contribution in [-0.4, -0.2) is 32.3 Å².